The van der Waals surface area contributed by atoms with E-state index in [0.29, 0.717) is 48.4 Å². The highest BCUT2D eigenvalue weighted by Gasteiger charge is 2.34. The van der Waals surface area contributed by atoms with Gasteiger partial charge >= 0.3 is 0 Å². The molecule has 1 N–H and O–H groups in total. The molecule has 0 spiro atoms. The minimum Gasteiger partial charge on any atom is -0.497 e. The fraction of sp³-hybridized carbons (Fsp3) is 0.138. The number of carbonyl (C=O) groups excluding carboxylic acids is 1. The van der Waals surface area contributed by atoms with Gasteiger partial charge in [0.15, 0.2) is 4.80 Å². The Hall–Kier alpha value is -4.14. The summed E-state index contributed by atoms with van der Waals surface area (Å²) in [5, 5.41) is 3.56. The van der Waals surface area contributed by atoms with Crippen LogP contribution in [0.1, 0.15) is 24.1 Å². The SMILES string of the molecule is COc1ccc([C@@H]2C(C(=O)Nc3ccccc3)=C(C)N=c3s/c(=C\c4ccc(Cl)cc4)c(=O)n32)c(OC)c1. The summed E-state index contributed by atoms with van der Waals surface area (Å²) in [5.74, 6) is 0.727. The lowest BCUT2D eigenvalue weighted by atomic mass is 9.94. The molecule has 5 rings (SSSR count). The van der Waals surface area contributed by atoms with E-state index < -0.39 is 6.04 Å². The fourth-order valence-corrected chi connectivity index (χ4v) is 5.55. The minimum atomic E-state index is -0.775. The van der Waals surface area contributed by atoms with Gasteiger partial charge in [0.25, 0.3) is 11.5 Å². The molecule has 7 nitrogen and oxygen atoms in total. The highest BCUT2D eigenvalue weighted by atomic mass is 35.5. The highest BCUT2D eigenvalue weighted by Crippen LogP contribution is 2.37. The first-order valence-corrected chi connectivity index (χ1v) is 13.0. The molecule has 0 saturated heterocycles. The molecule has 4 aromatic rings. The number of hydrogen-bond acceptors (Lipinski definition) is 6. The standard InChI is InChI=1S/C29H24ClN3O4S/c1-17-25(27(34)32-20-7-5-4-6-8-20)26(22-14-13-21(36-2)16-23(22)37-3)33-28(35)24(38-29(33)31-17)15-18-9-11-19(30)12-10-18/h4-16,26H,1-3H3,(H,32,34)/b24-15-/t26-/m1/s1. The Morgan fingerprint density at radius 3 is 2.47 bits per heavy atom. The van der Waals surface area contributed by atoms with E-state index in [1.165, 1.54) is 11.3 Å². The number of allylic oxidation sites excluding steroid dienone is 1. The number of aromatic nitrogens is 1. The van der Waals surface area contributed by atoms with Gasteiger partial charge in [-0.05, 0) is 55.0 Å². The zero-order valence-electron chi connectivity index (χ0n) is 20.9. The van der Waals surface area contributed by atoms with Crippen LogP contribution in [0, 0.1) is 0 Å². The molecule has 1 amide bonds. The van der Waals surface area contributed by atoms with Crippen LogP contribution in [0.4, 0.5) is 5.69 Å². The van der Waals surface area contributed by atoms with Gasteiger partial charge in [0.05, 0.1) is 30.0 Å². The Labute approximate surface area is 228 Å². The fourth-order valence-electron chi connectivity index (χ4n) is 4.38. The Morgan fingerprint density at radius 1 is 1.05 bits per heavy atom. The van der Waals surface area contributed by atoms with Crippen molar-refractivity contribution in [2.45, 2.75) is 13.0 Å². The summed E-state index contributed by atoms with van der Waals surface area (Å²) >= 11 is 7.29. The van der Waals surface area contributed by atoms with E-state index in [1.54, 1.807) is 68.2 Å². The van der Waals surface area contributed by atoms with Crippen LogP contribution >= 0.6 is 22.9 Å². The average molecular weight is 546 g/mol. The molecule has 1 aliphatic rings. The van der Waals surface area contributed by atoms with Crippen LogP contribution in [0.2, 0.25) is 5.02 Å². The molecule has 0 saturated carbocycles. The highest BCUT2D eigenvalue weighted by molar-refractivity contribution is 7.07. The van der Waals surface area contributed by atoms with Crippen LogP contribution < -0.4 is 29.7 Å². The van der Waals surface area contributed by atoms with Gasteiger partial charge in [-0.15, -0.1) is 0 Å². The number of amides is 1. The number of thiazole rings is 1. The molecule has 3 aromatic carbocycles. The van der Waals surface area contributed by atoms with E-state index in [-0.39, 0.29) is 11.5 Å². The maximum atomic E-state index is 13.9. The second-order valence-electron chi connectivity index (χ2n) is 8.56. The number of para-hydroxylation sites is 1. The van der Waals surface area contributed by atoms with Gasteiger partial charge in [-0.1, -0.05) is 53.3 Å². The van der Waals surface area contributed by atoms with Crippen LogP contribution in [0.15, 0.2) is 93.9 Å². The number of nitrogens with zero attached hydrogens (tertiary/aromatic N) is 2. The first-order chi connectivity index (χ1) is 18.4. The lowest BCUT2D eigenvalue weighted by Crippen LogP contribution is -2.40. The predicted molar refractivity (Wildman–Crippen MR) is 150 cm³/mol. The van der Waals surface area contributed by atoms with Crippen molar-refractivity contribution in [1.29, 1.82) is 0 Å². The number of carbonyl (C=O) groups is 1. The third kappa shape index (κ3) is 4.88. The van der Waals surface area contributed by atoms with Crippen molar-refractivity contribution < 1.29 is 14.3 Å². The van der Waals surface area contributed by atoms with Gasteiger partial charge in [0, 0.05) is 22.3 Å². The molecule has 0 aliphatic carbocycles. The number of rotatable bonds is 6. The summed E-state index contributed by atoms with van der Waals surface area (Å²) in [6, 6.07) is 20.9. The molecule has 2 heterocycles. The first-order valence-electron chi connectivity index (χ1n) is 11.8. The second kappa shape index (κ2) is 10.7. The Bertz CT molecular complexity index is 1720. The van der Waals surface area contributed by atoms with Crippen molar-refractivity contribution in [2.24, 2.45) is 4.99 Å². The number of benzene rings is 3. The number of halogens is 1. The zero-order chi connectivity index (χ0) is 26.8. The number of nitrogens with one attached hydrogen (secondary N) is 1. The van der Waals surface area contributed by atoms with E-state index in [2.05, 4.69) is 10.3 Å². The molecule has 0 radical (unpaired) electrons. The lowest BCUT2D eigenvalue weighted by Gasteiger charge is -2.26. The molecule has 38 heavy (non-hydrogen) atoms. The molecule has 1 aromatic heterocycles. The summed E-state index contributed by atoms with van der Waals surface area (Å²) in [6.07, 6.45) is 1.80. The van der Waals surface area contributed by atoms with Gasteiger partial charge in [-0.3, -0.25) is 14.2 Å². The van der Waals surface area contributed by atoms with Gasteiger partial charge in [-0.2, -0.15) is 0 Å². The van der Waals surface area contributed by atoms with E-state index in [9.17, 15) is 9.59 Å². The number of methoxy groups -OCH3 is 2. The molecule has 0 bridgehead atoms. The van der Waals surface area contributed by atoms with E-state index in [4.69, 9.17) is 21.1 Å². The number of hydrogen-bond donors (Lipinski definition) is 1. The first kappa shape index (κ1) is 25.5. The van der Waals surface area contributed by atoms with Crippen LogP contribution in [0.5, 0.6) is 11.5 Å². The summed E-state index contributed by atoms with van der Waals surface area (Å²) in [4.78, 5) is 32.7. The third-order valence-electron chi connectivity index (χ3n) is 6.20. The zero-order valence-corrected chi connectivity index (χ0v) is 22.5. The monoisotopic (exact) mass is 545 g/mol. The summed E-state index contributed by atoms with van der Waals surface area (Å²) in [7, 11) is 3.11. The van der Waals surface area contributed by atoms with E-state index in [0.717, 1.165) is 5.56 Å². The summed E-state index contributed by atoms with van der Waals surface area (Å²) in [6.45, 7) is 1.78. The van der Waals surface area contributed by atoms with Crippen molar-refractivity contribution in [1.82, 2.24) is 4.57 Å². The van der Waals surface area contributed by atoms with E-state index >= 15 is 0 Å². The number of fused-ring (bicyclic) bond motifs is 1. The Morgan fingerprint density at radius 2 is 1.79 bits per heavy atom. The normalized spacial score (nSPS) is 15.1. The van der Waals surface area contributed by atoms with Crippen LogP contribution in [-0.4, -0.2) is 24.7 Å². The quantitative estimate of drug-likeness (QED) is 0.385. The Balaban J connectivity index is 1.72. The van der Waals surface area contributed by atoms with Crippen molar-refractivity contribution in [3.8, 4) is 11.5 Å². The van der Waals surface area contributed by atoms with Crippen molar-refractivity contribution in [3.63, 3.8) is 0 Å². The van der Waals surface area contributed by atoms with Crippen molar-refractivity contribution in [3.05, 3.63) is 120 Å². The molecular weight excluding hydrogens is 522 g/mol. The van der Waals surface area contributed by atoms with Gasteiger partial charge in [0.1, 0.15) is 17.5 Å². The molecule has 1 aliphatic heterocycles. The molecule has 192 valence electrons. The summed E-state index contributed by atoms with van der Waals surface area (Å²) in [5.41, 5.74) is 2.71. The van der Waals surface area contributed by atoms with Crippen molar-refractivity contribution >= 4 is 40.6 Å². The third-order valence-corrected chi connectivity index (χ3v) is 7.44. The van der Waals surface area contributed by atoms with E-state index in [1.807, 2.05) is 36.4 Å². The number of ether oxygens (including phenoxy) is 2. The minimum absolute atomic E-state index is 0.260. The maximum absolute atomic E-state index is 13.9. The van der Waals surface area contributed by atoms with Crippen LogP contribution in [0.3, 0.4) is 0 Å². The molecule has 0 unspecified atom stereocenters. The van der Waals surface area contributed by atoms with Crippen molar-refractivity contribution in [2.75, 3.05) is 19.5 Å². The summed E-state index contributed by atoms with van der Waals surface area (Å²) < 4.78 is 13.1. The van der Waals surface area contributed by atoms with Gasteiger partial charge in [-0.25, -0.2) is 4.99 Å². The smallest absolute Gasteiger partial charge is 0.271 e. The molecular formula is C29H24ClN3O4S. The predicted octanol–water partition coefficient (Wildman–Crippen LogP) is 4.54. The van der Waals surface area contributed by atoms with Gasteiger partial charge in [0.2, 0.25) is 0 Å². The molecule has 1 atom stereocenters. The lowest BCUT2D eigenvalue weighted by molar-refractivity contribution is -0.113. The number of anilines is 1. The topological polar surface area (TPSA) is 81.9 Å². The largest absolute Gasteiger partial charge is 0.497 e. The maximum Gasteiger partial charge on any atom is 0.271 e. The Kier molecular flexibility index (Phi) is 7.18. The van der Waals surface area contributed by atoms with Crippen LogP contribution in [0.25, 0.3) is 6.08 Å². The average Bonchev–Trinajstić information content (AvgIpc) is 3.23. The second-order valence-corrected chi connectivity index (χ2v) is 10.0. The van der Waals surface area contributed by atoms with Crippen LogP contribution in [-0.2, 0) is 4.79 Å². The molecule has 9 heteroatoms. The molecule has 0 fully saturated rings. The van der Waals surface area contributed by atoms with Gasteiger partial charge < -0.3 is 14.8 Å².